The first-order chi connectivity index (χ1) is 13.5. The van der Waals surface area contributed by atoms with Gasteiger partial charge in [-0.3, -0.25) is 9.59 Å². The number of hydrogen-bond donors (Lipinski definition) is 2. The van der Waals surface area contributed by atoms with Gasteiger partial charge in [0, 0.05) is 0 Å². The number of benzene rings is 2. The molecule has 0 saturated carbocycles. The first-order valence-corrected chi connectivity index (χ1v) is 9.17. The third-order valence-electron chi connectivity index (χ3n) is 4.89. The molecule has 0 spiro atoms. The molecular formula is C23H22O5. The Hall–Kier alpha value is -3.34. The fraction of sp³-hybridized carbons (Fsp3) is 0.217. The predicted molar refractivity (Wildman–Crippen MR) is 106 cm³/mol. The minimum Gasteiger partial charge on any atom is -0.481 e. The molecule has 0 heterocycles. The van der Waals surface area contributed by atoms with E-state index in [9.17, 15) is 19.8 Å². The monoisotopic (exact) mass is 378 g/mol. The highest BCUT2D eigenvalue weighted by atomic mass is 16.5. The first kappa shape index (κ1) is 19.4. The molecule has 2 aromatic carbocycles. The van der Waals surface area contributed by atoms with Crippen molar-refractivity contribution in [2.24, 2.45) is 5.92 Å². The molecule has 0 fully saturated rings. The van der Waals surface area contributed by atoms with Crippen molar-refractivity contribution in [1.82, 2.24) is 0 Å². The van der Waals surface area contributed by atoms with Crippen LogP contribution in [0.25, 0.3) is 0 Å². The predicted octanol–water partition coefficient (Wildman–Crippen LogP) is 4.58. The SMILES string of the molecule is CCCc1ccc(Oc2cccc(C3(C(=O)O)C=CC=CC3C(=O)O)c2)cc1. The van der Waals surface area contributed by atoms with E-state index in [-0.39, 0.29) is 0 Å². The maximum Gasteiger partial charge on any atom is 0.319 e. The van der Waals surface area contributed by atoms with Crippen molar-refractivity contribution in [2.45, 2.75) is 25.2 Å². The maximum absolute atomic E-state index is 12.2. The fourth-order valence-corrected chi connectivity index (χ4v) is 3.48. The van der Waals surface area contributed by atoms with Crippen LogP contribution in [-0.2, 0) is 21.4 Å². The Morgan fingerprint density at radius 3 is 2.43 bits per heavy atom. The summed E-state index contributed by atoms with van der Waals surface area (Å²) in [5.74, 6) is -2.54. The van der Waals surface area contributed by atoms with Gasteiger partial charge in [0.15, 0.2) is 0 Å². The molecule has 0 amide bonds. The van der Waals surface area contributed by atoms with Gasteiger partial charge in [-0.05, 0) is 41.8 Å². The Kier molecular flexibility index (Phi) is 5.64. The third-order valence-corrected chi connectivity index (χ3v) is 4.89. The van der Waals surface area contributed by atoms with Crippen LogP contribution in [0.4, 0.5) is 0 Å². The van der Waals surface area contributed by atoms with Crippen molar-refractivity contribution in [3.8, 4) is 11.5 Å². The quantitative estimate of drug-likeness (QED) is 0.737. The van der Waals surface area contributed by atoms with Gasteiger partial charge in [0.05, 0.1) is 5.92 Å². The number of ether oxygens (including phenoxy) is 1. The van der Waals surface area contributed by atoms with Crippen molar-refractivity contribution < 1.29 is 24.5 Å². The topological polar surface area (TPSA) is 83.8 Å². The van der Waals surface area contributed by atoms with E-state index >= 15 is 0 Å². The summed E-state index contributed by atoms with van der Waals surface area (Å²) in [5.41, 5.74) is -0.116. The van der Waals surface area contributed by atoms with Crippen molar-refractivity contribution in [3.05, 3.63) is 84.0 Å². The summed E-state index contributed by atoms with van der Waals surface area (Å²) < 4.78 is 5.88. The molecule has 0 aromatic heterocycles. The van der Waals surface area contributed by atoms with Crippen LogP contribution < -0.4 is 4.74 Å². The van der Waals surface area contributed by atoms with Crippen molar-refractivity contribution >= 4 is 11.9 Å². The number of aliphatic carboxylic acids is 2. The summed E-state index contributed by atoms with van der Waals surface area (Å²) in [6, 6.07) is 14.3. The Labute approximate surface area is 163 Å². The lowest BCUT2D eigenvalue weighted by atomic mass is 9.68. The molecule has 1 aliphatic rings. The van der Waals surface area contributed by atoms with Crippen LogP contribution in [0.1, 0.15) is 24.5 Å². The Bertz CT molecular complexity index is 926. The van der Waals surface area contributed by atoms with E-state index in [2.05, 4.69) is 6.92 Å². The molecule has 144 valence electrons. The standard InChI is InChI=1S/C23H22O5/c1-2-6-16-10-12-18(13-11-16)28-19-8-5-7-17(15-19)23(22(26)27)14-4-3-9-20(23)21(24)25/h3-5,7-15,20H,2,6H2,1H3,(H,24,25)(H,26,27). The van der Waals surface area contributed by atoms with Gasteiger partial charge in [-0.15, -0.1) is 0 Å². The summed E-state index contributed by atoms with van der Waals surface area (Å²) >= 11 is 0. The Balaban J connectivity index is 1.94. The van der Waals surface area contributed by atoms with Crippen LogP contribution in [0.3, 0.4) is 0 Å². The molecule has 0 radical (unpaired) electrons. The first-order valence-electron chi connectivity index (χ1n) is 9.17. The minimum atomic E-state index is -1.69. The third kappa shape index (κ3) is 3.69. The summed E-state index contributed by atoms with van der Waals surface area (Å²) in [5, 5.41) is 19.5. The van der Waals surface area contributed by atoms with Crippen LogP contribution in [0.2, 0.25) is 0 Å². The minimum absolute atomic E-state index is 0.355. The number of aryl methyl sites for hydroxylation is 1. The van der Waals surface area contributed by atoms with Gasteiger partial charge >= 0.3 is 11.9 Å². The summed E-state index contributed by atoms with van der Waals surface area (Å²) in [6.45, 7) is 2.12. The van der Waals surface area contributed by atoms with E-state index in [0.29, 0.717) is 17.1 Å². The van der Waals surface area contributed by atoms with Gasteiger partial charge in [-0.1, -0.05) is 61.9 Å². The van der Waals surface area contributed by atoms with Crippen molar-refractivity contribution in [3.63, 3.8) is 0 Å². The van der Waals surface area contributed by atoms with Gasteiger partial charge < -0.3 is 14.9 Å². The molecule has 0 aliphatic heterocycles. The van der Waals surface area contributed by atoms with E-state index in [1.807, 2.05) is 24.3 Å². The van der Waals surface area contributed by atoms with Gasteiger partial charge in [-0.2, -0.15) is 0 Å². The van der Waals surface area contributed by atoms with Crippen molar-refractivity contribution in [1.29, 1.82) is 0 Å². The van der Waals surface area contributed by atoms with Gasteiger partial charge in [0.2, 0.25) is 0 Å². The van der Waals surface area contributed by atoms with E-state index in [1.54, 1.807) is 36.4 Å². The van der Waals surface area contributed by atoms with Crippen LogP contribution >= 0.6 is 0 Å². The molecule has 5 nitrogen and oxygen atoms in total. The molecule has 5 heteroatoms. The maximum atomic E-state index is 12.2. The van der Waals surface area contributed by atoms with E-state index in [0.717, 1.165) is 12.8 Å². The molecular weight excluding hydrogens is 356 g/mol. The Morgan fingerprint density at radius 1 is 1.04 bits per heavy atom. The second-order valence-electron chi connectivity index (χ2n) is 6.76. The lowest BCUT2D eigenvalue weighted by molar-refractivity contribution is -0.152. The molecule has 2 N–H and O–H groups in total. The summed E-state index contributed by atoms with van der Waals surface area (Å²) in [6.07, 6.45) is 7.99. The molecule has 2 unspecified atom stereocenters. The zero-order valence-electron chi connectivity index (χ0n) is 15.5. The van der Waals surface area contributed by atoms with Gasteiger partial charge in [0.1, 0.15) is 16.9 Å². The van der Waals surface area contributed by atoms with Crippen LogP contribution in [0, 0.1) is 5.92 Å². The average Bonchev–Trinajstić information content (AvgIpc) is 2.69. The second-order valence-corrected chi connectivity index (χ2v) is 6.76. The number of carboxylic acids is 2. The largest absolute Gasteiger partial charge is 0.481 e. The van der Waals surface area contributed by atoms with Gasteiger partial charge in [0.25, 0.3) is 0 Å². The lowest BCUT2D eigenvalue weighted by Crippen LogP contribution is -2.45. The molecule has 0 bridgehead atoms. The lowest BCUT2D eigenvalue weighted by Gasteiger charge is -2.32. The zero-order valence-corrected chi connectivity index (χ0v) is 15.5. The zero-order chi connectivity index (χ0) is 20.1. The van der Waals surface area contributed by atoms with Crippen molar-refractivity contribution in [2.75, 3.05) is 0 Å². The van der Waals surface area contributed by atoms with E-state index < -0.39 is 23.3 Å². The highest BCUT2D eigenvalue weighted by Crippen LogP contribution is 2.40. The van der Waals surface area contributed by atoms with E-state index in [4.69, 9.17) is 4.74 Å². The summed E-state index contributed by atoms with van der Waals surface area (Å²) in [4.78, 5) is 23.9. The smallest absolute Gasteiger partial charge is 0.319 e. The van der Waals surface area contributed by atoms with Crippen LogP contribution in [-0.4, -0.2) is 22.2 Å². The Morgan fingerprint density at radius 2 is 1.79 bits per heavy atom. The number of carbonyl (C=O) groups is 2. The molecule has 2 aromatic rings. The number of allylic oxidation sites excluding steroid dienone is 2. The highest BCUT2D eigenvalue weighted by Gasteiger charge is 2.49. The molecule has 2 atom stereocenters. The number of hydrogen-bond acceptors (Lipinski definition) is 3. The highest BCUT2D eigenvalue weighted by molar-refractivity contribution is 5.92. The molecule has 28 heavy (non-hydrogen) atoms. The number of carboxylic acid groups (broad SMARTS) is 2. The van der Waals surface area contributed by atoms with Crippen LogP contribution in [0.5, 0.6) is 11.5 Å². The number of rotatable bonds is 7. The van der Waals surface area contributed by atoms with Gasteiger partial charge in [-0.25, -0.2) is 0 Å². The molecule has 0 saturated heterocycles. The van der Waals surface area contributed by atoms with E-state index in [1.165, 1.54) is 17.7 Å². The molecule has 3 rings (SSSR count). The van der Waals surface area contributed by atoms with Crippen LogP contribution in [0.15, 0.2) is 72.8 Å². The summed E-state index contributed by atoms with van der Waals surface area (Å²) in [7, 11) is 0. The normalized spacial score (nSPS) is 20.7. The fourth-order valence-electron chi connectivity index (χ4n) is 3.48. The molecule has 1 aliphatic carbocycles. The average molecular weight is 378 g/mol. The second kappa shape index (κ2) is 8.13.